The Hall–Kier alpha value is -2.55. The molecule has 0 aliphatic heterocycles. The lowest BCUT2D eigenvalue weighted by atomic mass is 10.2. The Morgan fingerprint density at radius 1 is 1.07 bits per heavy atom. The normalized spacial score (nSPS) is 11.2. The molecule has 0 aliphatic rings. The topological polar surface area (TPSA) is 113 Å². The standard InChI is InChI=1S/C17H23N4O6P/c1-4-25-17(23)15-12-20(19-18-15)13-21(28(24,26-5-2)27-6-3)16(22)14-10-8-7-9-11-14/h7-12H,4-6,13H2,1-3H3. The zero-order valence-corrected chi connectivity index (χ0v) is 16.9. The zero-order chi connectivity index (χ0) is 20.6. The van der Waals surface area contributed by atoms with Crippen LogP contribution in [-0.2, 0) is 25.0 Å². The Balaban J connectivity index is 2.37. The van der Waals surface area contributed by atoms with Crippen LogP contribution in [0, 0.1) is 0 Å². The molecule has 1 heterocycles. The second-order valence-electron chi connectivity index (χ2n) is 5.38. The van der Waals surface area contributed by atoms with Crippen molar-refractivity contribution >= 4 is 19.6 Å². The van der Waals surface area contributed by atoms with Crippen molar-refractivity contribution in [1.82, 2.24) is 19.7 Å². The van der Waals surface area contributed by atoms with Gasteiger partial charge in [-0.1, -0.05) is 23.4 Å². The van der Waals surface area contributed by atoms with Gasteiger partial charge in [0.1, 0.15) is 6.67 Å². The Morgan fingerprint density at radius 2 is 1.71 bits per heavy atom. The summed E-state index contributed by atoms with van der Waals surface area (Å²) >= 11 is 0. The number of nitrogens with zero attached hydrogens (tertiary/aromatic N) is 4. The number of carbonyl (C=O) groups excluding carboxylic acids is 2. The number of hydrogen-bond acceptors (Lipinski definition) is 8. The molecule has 0 fully saturated rings. The molecule has 0 N–H and O–H groups in total. The summed E-state index contributed by atoms with van der Waals surface area (Å²) in [5, 5.41) is 7.53. The molecule has 0 spiro atoms. The van der Waals surface area contributed by atoms with Crippen LogP contribution in [0.5, 0.6) is 0 Å². The predicted molar refractivity (Wildman–Crippen MR) is 99.4 cm³/mol. The van der Waals surface area contributed by atoms with Crippen molar-refractivity contribution in [2.75, 3.05) is 19.8 Å². The van der Waals surface area contributed by atoms with E-state index < -0.39 is 19.6 Å². The van der Waals surface area contributed by atoms with Gasteiger partial charge in [0.15, 0.2) is 5.69 Å². The first kappa shape index (κ1) is 21.7. The lowest BCUT2D eigenvalue weighted by Gasteiger charge is -2.29. The Kier molecular flexibility index (Phi) is 7.86. The summed E-state index contributed by atoms with van der Waals surface area (Å²) in [5.74, 6) is -1.22. The minimum atomic E-state index is -3.96. The maximum atomic E-state index is 13.3. The highest BCUT2D eigenvalue weighted by molar-refractivity contribution is 7.52. The fourth-order valence-corrected chi connectivity index (χ4v) is 3.92. The number of ether oxygens (including phenoxy) is 1. The van der Waals surface area contributed by atoms with Gasteiger partial charge in [-0.3, -0.25) is 13.8 Å². The summed E-state index contributed by atoms with van der Waals surface area (Å²) in [6.07, 6.45) is 1.30. The molecule has 11 heteroatoms. The predicted octanol–water partition coefficient (Wildman–Crippen LogP) is 2.74. The molecule has 2 aromatic rings. The first-order valence-corrected chi connectivity index (χ1v) is 10.3. The van der Waals surface area contributed by atoms with Gasteiger partial charge in [-0.25, -0.2) is 18.7 Å². The molecule has 0 aliphatic carbocycles. The number of benzene rings is 1. The second kappa shape index (κ2) is 10.1. The summed E-state index contributed by atoms with van der Waals surface area (Å²) in [6, 6.07) is 8.30. The van der Waals surface area contributed by atoms with Gasteiger partial charge >= 0.3 is 13.7 Å². The highest BCUT2D eigenvalue weighted by Gasteiger charge is 2.38. The monoisotopic (exact) mass is 410 g/mol. The van der Waals surface area contributed by atoms with Crippen LogP contribution < -0.4 is 0 Å². The minimum absolute atomic E-state index is 0.0309. The smallest absolute Gasteiger partial charge is 0.439 e. The van der Waals surface area contributed by atoms with Gasteiger partial charge in [-0.2, -0.15) is 0 Å². The van der Waals surface area contributed by atoms with Crippen molar-refractivity contribution in [3.05, 3.63) is 47.8 Å². The Labute approximate surface area is 163 Å². The lowest BCUT2D eigenvalue weighted by molar-refractivity contribution is 0.0519. The van der Waals surface area contributed by atoms with E-state index in [-0.39, 0.29) is 32.2 Å². The Morgan fingerprint density at radius 3 is 2.29 bits per heavy atom. The average Bonchev–Trinajstić information content (AvgIpc) is 3.16. The van der Waals surface area contributed by atoms with Gasteiger partial charge < -0.3 is 4.74 Å². The summed E-state index contributed by atoms with van der Waals surface area (Å²) in [6.45, 7) is 4.99. The average molecular weight is 410 g/mol. The third-order valence-corrected chi connectivity index (χ3v) is 5.51. The number of rotatable bonds is 10. The van der Waals surface area contributed by atoms with E-state index in [1.807, 2.05) is 0 Å². The van der Waals surface area contributed by atoms with Crippen molar-refractivity contribution in [1.29, 1.82) is 0 Å². The SMILES string of the molecule is CCOC(=O)c1cn(CN(C(=O)c2ccccc2)P(=O)(OCC)OCC)nn1. The van der Waals surface area contributed by atoms with E-state index in [0.29, 0.717) is 5.56 Å². The van der Waals surface area contributed by atoms with E-state index in [2.05, 4.69) is 10.3 Å². The van der Waals surface area contributed by atoms with E-state index in [4.69, 9.17) is 13.8 Å². The molecule has 1 aromatic heterocycles. The molecule has 28 heavy (non-hydrogen) atoms. The summed E-state index contributed by atoms with van der Waals surface area (Å²) in [7, 11) is -3.96. The van der Waals surface area contributed by atoms with Gasteiger partial charge in [0.05, 0.1) is 26.0 Å². The number of amides is 1. The summed E-state index contributed by atoms with van der Waals surface area (Å²) in [5.41, 5.74) is 0.268. The number of aromatic nitrogens is 3. The minimum Gasteiger partial charge on any atom is -0.461 e. The molecule has 1 aromatic carbocycles. The van der Waals surface area contributed by atoms with Crippen molar-refractivity contribution in [3.8, 4) is 0 Å². The fraction of sp³-hybridized carbons (Fsp3) is 0.412. The van der Waals surface area contributed by atoms with Crippen molar-refractivity contribution < 1.29 is 27.9 Å². The highest BCUT2D eigenvalue weighted by atomic mass is 31.2. The maximum Gasteiger partial charge on any atom is 0.439 e. The van der Waals surface area contributed by atoms with Crippen LogP contribution in [0.25, 0.3) is 0 Å². The van der Waals surface area contributed by atoms with Crippen LogP contribution in [0.4, 0.5) is 0 Å². The van der Waals surface area contributed by atoms with E-state index in [1.165, 1.54) is 10.9 Å². The third-order valence-electron chi connectivity index (χ3n) is 3.44. The molecule has 0 saturated heterocycles. The molecule has 152 valence electrons. The van der Waals surface area contributed by atoms with Gasteiger partial charge in [0.2, 0.25) is 0 Å². The number of hydrogen-bond donors (Lipinski definition) is 0. The molecule has 0 radical (unpaired) electrons. The van der Waals surface area contributed by atoms with E-state index >= 15 is 0 Å². The molecular formula is C17H23N4O6P. The molecule has 0 atom stereocenters. The van der Waals surface area contributed by atoms with E-state index in [9.17, 15) is 14.2 Å². The van der Waals surface area contributed by atoms with Crippen LogP contribution >= 0.6 is 7.75 Å². The van der Waals surface area contributed by atoms with Gasteiger partial charge in [-0.15, -0.1) is 5.10 Å². The van der Waals surface area contributed by atoms with Gasteiger partial charge in [0, 0.05) is 5.56 Å². The number of esters is 1. The van der Waals surface area contributed by atoms with Crippen LogP contribution in [0.1, 0.15) is 41.6 Å². The first-order chi connectivity index (χ1) is 13.4. The van der Waals surface area contributed by atoms with E-state index in [0.717, 1.165) is 4.67 Å². The molecule has 2 rings (SSSR count). The van der Waals surface area contributed by atoms with E-state index in [1.54, 1.807) is 51.1 Å². The lowest BCUT2D eigenvalue weighted by Crippen LogP contribution is -2.32. The molecule has 1 amide bonds. The highest BCUT2D eigenvalue weighted by Crippen LogP contribution is 2.52. The number of carbonyl (C=O) groups is 2. The summed E-state index contributed by atoms with van der Waals surface area (Å²) < 4.78 is 31.0. The van der Waals surface area contributed by atoms with Crippen LogP contribution in [0.15, 0.2) is 36.5 Å². The van der Waals surface area contributed by atoms with Crippen molar-refractivity contribution in [2.24, 2.45) is 0 Å². The molecule has 0 saturated carbocycles. The molecular weight excluding hydrogens is 387 g/mol. The Bertz CT molecular complexity index is 831. The molecule has 0 bridgehead atoms. The van der Waals surface area contributed by atoms with Crippen molar-refractivity contribution in [2.45, 2.75) is 27.4 Å². The van der Waals surface area contributed by atoms with Crippen LogP contribution in [-0.4, -0.2) is 51.4 Å². The first-order valence-electron chi connectivity index (χ1n) is 8.78. The zero-order valence-electron chi connectivity index (χ0n) is 16.0. The van der Waals surface area contributed by atoms with Gasteiger partial charge in [-0.05, 0) is 32.9 Å². The van der Waals surface area contributed by atoms with Gasteiger partial charge in [0.25, 0.3) is 5.91 Å². The quantitative estimate of drug-likeness (QED) is 0.434. The molecule has 0 unspecified atom stereocenters. The molecule has 10 nitrogen and oxygen atoms in total. The van der Waals surface area contributed by atoms with Crippen LogP contribution in [0.2, 0.25) is 0 Å². The van der Waals surface area contributed by atoms with Crippen LogP contribution in [0.3, 0.4) is 0 Å². The maximum absolute atomic E-state index is 13.3. The van der Waals surface area contributed by atoms with Crippen molar-refractivity contribution in [3.63, 3.8) is 0 Å². The fourth-order valence-electron chi connectivity index (χ4n) is 2.29. The largest absolute Gasteiger partial charge is 0.461 e. The third kappa shape index (κ3) is 5.25. The summed E-state index contributed by atoms with van der Waals surface area (Å²) in [4.78, 5) is 24.8. The second-order valence-corrected chi connectivity index (χ2v) is 7.32.